The first-order valence-electron chi connectivity index (χ1n) is 14.3. The second kappa shape index (κ2) is 8.71. The average molecular weight is 495 g/mol. The Kier molecular flexibility index (Phi) is 4.46. The van der Waals surface area contributed by atoms with Gasteiger partial charge in [-0.25, -0.2) is 4.57 Å². The summed E-state index contributed by atoms with van der Waals surface area (Å²) in [5, 5.41) is 12.1. The molecule has 38 heavy (non-hydrogen) atoms. The number of aryl methyl sites for hydroxylation is 2. The Morgan fingerprint density at radius 3 is 2.45 bits per heavy atom. The Bertz CT molecular complexity index is 2060. The van der Waals surface area contributed by atoms with Gasteiger partial charge in [0.25, 0.3) is 0 Å². The average Bonchev–Trinajstić information content (AvgIpc) is 3.45. The van der Waals surface area contributed by atoms with Crippen molar-refractivity contribution >= 4 is 21.9 Å². The van der Waals surface area contributed by atoms with E-state index in [9.17, 15) is 6.63 Å². The Labute approximate surface area is 226 Å². The van der Waals surface area contributed by atoms with Gasteiger partial charge in [0.2, 0.25) is 5.69 Å². The van der Waals surface area contributed by atoms with Gasteiger partial charge in [-0.15, -0.1) is 0 Å². The monoisotopic (exact) mass is 494 g/mol. The quantitative estimate of drug-likeness (QED) is 0.234. The lowest BCUT2D eigenvalue weighted by molar-refractivity contribution is -0.660. The molecule has 1 aliphatic carbocycles. The van der Waals surface area contributed by atoms with E-state index in [4.69, 9.17) is 7.16 Å². The molecule has 3 heteroatoms. The van der Waals surface area contributed by atoms with E-state index in [1.807, 2.05) is 80.0 Å². The van der Waals surface area contributed by atoms with Crippen LogP contribution in [0.4, 0.5) is 0 Å². The maximum Gasteiger partial charge on any atom is 0.216 e. The zero-order chi connectivity index (χ0) is 28.5. The molecule has 1 atom stereocenters. The van der Waals surface area contributed by atoms with Crippen LogP contribution in [-0.4, -0.2) is 0 Å². The third-order valence-electron chi connectivity index (χ3n) is 7.67. The molecule has 0 radical (unpaired) electrons. The summed E-state index contributed by atoms with van der Waals surface area (Å²) in [5.74, 6) is -1.25. The molecule has 2 heterocycles. The van der Waals surface area contributed by atoms with Crippen LogP contribution in [0.15, 0.2) is 102 Å². The molecule has 0 spiro atoms. The summed E-state index contributed by atoms with van der Waals surface area (Å²) in [5.41, 5.74) is 7.74. The van der Waals surface area contributed by atoms with Crippen molar-refractivity contribution in [1.29, 1.82) is 5.26 Å². The van der Waals surface area contributed by atoms with Crippen LogP contribution in [0.2, 0.25) is 0 Å². The normalized spacial score (nSPS) is 19.0. The van der Waals surface area contributed by atoms with Gasteiger partial charge in [-0.2, -0.15) is 5.26 Å². The molecule has 3 nitrogen and oxygen atoms in total. The van der Waals surface area contributed by atoms with Crippen LogP contribution < -0.4 is 4.57 Å². The van der Waals surface area contributed by atoms with Crippen LogP contribution in [-0.2, 0) is 13.4 Å². The van der Waals surface area contributed by atoms with Crippen LogP contribution in [0.3, 0.4) is 0 Å². The smallest absolute Gasteiger partial charge is 0.216 e. The van der Waals surface area contributed by atoms with Gasteiger partial charge in [0.05, 0.1) is 17.2 Å². The van der Waals surface area contributed by atoms with E-state index < -0.39 is 12.3 Å². The number of aromatic nitrogens is 1. The van der Waals surface area contributed by atoms with Crippen molar-refractivity contribution < 1.29 is 13.1 Å². The van der Waals surface area contributed by atoms with E-state index in [0.29, 0.717) is 33.4 Å². The minimum atomic E-state index is -1.79. The fourth-order valence-electron chi connectivity index (χ4n) is 5.84. The molecule has 6 aromatic rings. The van der Waals surface area contributed by atoms with Gasteiger partial charge in [-0.1, -0.05) is 60.7 Å². The molecular formula is C35H27N2O+. The van der Waals surface area contributed by atoms with E-state index in [1.54, 1.807) is 6.07 Å². The van der Waals surface area contributed by atoms with E-state index in [0.717, 1.165) is 38.7 Å². The Hall–Kier alpha value is -4.68. The highest BCUT2D eigenvalue weighted by Crippen LogP contribution is 2.46. The van der Waals surface area contributed by atoms with E-state index in [-0.39, 0.29) is 6.42 Å². The molecule has 0 saturated carbocycles. The molecule has 1 unspecified atom stereocenters. The van der Waals surface area contributed by atoms with Crippen LogP contribution in [0.5, 0.6) is 0 Å². The molecule has 2 aromatic heterocycles. The zero-order valence-corrected chi connectivity index (χ0v) is 21.2. The molecule has 7 rings (SSSR count). The summed E-state index contributed by atoms with van der Waals surface area (Å²) >= 11 is 0. The number of hydrogen-bond donors (Lipinski definition) is 0. The summed E-state index contributed by atoms with van der Waals surface area (Å²) in [6.45, 7) is 2.06. The Morgan fingerprint density at radius 1 is 0.895 bits per heavy atom. The first-order chi connectivity index (χ1) is 19.7. The first-order valence-corrected chi connectivity index (χ1v) is 12.8. The van der Waals surface area contributed by atoms with Crippen molar-refractivity contribution in [3.05, 3.63) is 125 Å². The maximum atomic E-state index is 10.3. The number of nitriles is 1. The molecule has 0 bridgehead atoms. The molecule has 182 valence electrons. The second-order valence-corrected chi connectivity index (χ2v) is 9.84. The lowest BCUT2D eigenvalue weighted by atomic mass is 9.89. The second-order valence-electron chi connectivity index (χ2n) is 9.84. The zero-order valence-electron chi connectivity index (χ0n) is 24.2. The van der Waals surface area contributed by atoms with Crippen LogP contribution in [0.1, 0.15) is 44.2 Å². The molecule has 4 aromatic carbocycles. The highest BCUT2D eigenvalue weighted by Gasteiger charge is 2.29. The summed E-state index contributed by atoms with van der Waals surface area (Å²) in [7, 11) is 2.00. The van der Waals surface area contributed by atoms with Gasteiger partial charge < -0.3 is 4.42 Å². The van der Waals surface area contributed by atoms with E-state index in [2.05, 4.69) is 35.8 Å². The fourth-order valence-corrected chi connectivity index (χ4v) is 5.84. The van der Waals surface area contributed by atoms with Crippen molar-refractivity contribution in [2.24, 2.45) is 7.05 Å². The summed E-state index contributed by atoms with van der Waals surface area (Å²) in [6.07, 6.45) is 0.205. The number of pyridine rings is 1. The third-order valence-corrected chi connectivity index (χ3v) is 7.67. The standard InChI is InChI=1S/C35H27N2O/c1-22-14-16-29-30-17-15-24(21-36)33(35(30)38-34(29)32(22)31-13-6-7-20-37(31)2)28-12-8-11-26-25(18-19-27(26)28)23-9-4-3-5-10-23/h3-17,20,25H,18-19H2,1-2H3/q+1/i19D2,25D. The largest absolute Gasteiger partial charge is 0.454 e. The molecule has 0 N–H and O–H groups in total. The van der Waals surface area contributed by atoms with E-state index >= 15 is 0 Å². The predicted octanol–water partition coefficient (Wildman–Crippen LogP) is 8.00. The first kappa shape index (κ1) is 19.4. The lowest BCUT2D eigenvalue weighted by Crippen LogP contribution is -2.30. The van der Waals surface area contributed by atoms with Gasteiger partial charge >= 0.3 is 0 Å². The molecule has 1 aliphatic rings. The van der Waals surface area contributed by atoms with Crippen LogP contribution in [0, 0.1) is 18.3 Å². The SMILES string of the molecule is [2H]C1([2H])CC([2H])(c2ccccc2)c2cccc(-c3c(C#N)ccc4c3oc3c(-c5cccc[n+]5C)c(C)ccc34)c21. The number of fused-ring (bicyclic) bond motifs is 4. The molecular weight excluding hydrogens is 464 g/mol. The number of hydrogen-bond acceptors (Lipinski definition) is 2. The molecule has 0 aliphatic heterocycles. The predicted molar refractivity (Wildman–Crippen MR) is 152 cm³/mol. The van der Waals surface area contributed by atoms with Crippen molar-refractivity contribution in [1.82, 2.24) is 0 Å². The van der Waals surface area contributed by atoms with Gasteiger partial charge in [0.1, 0.15) is 18.2 Å². The highest BCUT2D eigenvalue weighted by atomic mass is 16.3. The number of nitrogens with zero attached hydrogens (tertiary/aromatic N) is 2. The lowest BCUT2D eigenvalue weighted by Gasteiger charge is -2.14. The topological polar surface area (TPSA) is 40.8 Å². The molecule has 0 fully saturated rings. The van der Waals surface area contributed by atoms with Gasteiger partial charge in [-0.05, 0) is 65.7 Å². The van der Waals surface area contributed by atoms with E-state index in [1.165, 1.54) is 0 Å². The Morgan fingerprint density at radius 2 is 1.66 bits per heavy atom. The minimum Gasteiger partial charge on any atom is -0.454 e. The fraction of sp³-hybridized carbons (Fsp3) is 0.143. The number of rotatable bonds is 3. The summed E-state index contributed by atoms with van der Waals surface area (Å²) in [6, 6.07) is 31.3. The van der Waals surface area contributed by atoms with Crippen molar-refractivity contribution in [3.8, 4) is 28.5 Å². The number of furan rings is 1. The third kappa shape index (κ3) is 3.31. The minimum absolute atomic E-state index is 0.0117. The van der Waals surface area contributed by atoms with Gasteiger partial charge in [0, 0.05) is 38.5 Å². The highest BCUT2D eigenvalue weighted by molar-refractivity contribution is 6.14. The summed E-state index contributed by atoms with van der Waals surface area (Å²) < 4.78 is 36.6. The number of benzene rings is 4. The van der Waals surface area contributed by atoms with Crippen molar-refractivity contribution in [3.63, 3.8) is 0 Å². The summed E-state index contributed by atoms with van der Waals surface area (Å²) in [4.78, 5) is 0. The van der Waals surface area contributed by atoms with Gasteiger partial charge in [0.15, 0.2) is 6.20 Å². The maximum absolute atomic E-state index is 10.3. The molecule has 0 saturated heterocycles. The van der Waals surface area contributed by atoms with Gasteiger partial charge in [-0.3, -0.25) is 0 Å². The molecule has 0 amide bonds. The van der Waals surface area contributed by atoms with Crippen LogP contribution >= 0.6 is 0 Å². The van der Waals surface area contributed by atoms with Crippen LogP contribution in [0.25, 0.3) is 44.3 Å². The van der Waals surface area contributed by atoms with Crippen molar-refractivity contribution in [2.75, 3.05) is 0 Å². The Balaban J connectivity index is 1.57. The van der Waals surface area contributed by atoms with Crippen molar-refractivity contribution in [2.45, 2.75) is 25.6 Å².